The predicted octanol–water partition coefficient (Wildman–Crippen LogP) is 0.499. The molecule has 0 spiro atoms. The van der Waals surface area contributed by atoms with Gasteiger partial charge in [-0.15, -0.1) is 0 Å². The lowest BCUT2D eigenvalue weighted by atomic mass is 10.1. The fraction of sp³-hybridized carbons (Fsp3) is 0.250. The lowest BCUT2D eigenvalue weighted by Crippen LogP contribution is -2.11. The molecule has 1 rings (SSSR count). The Labute approximate surface area is 65.2 Å². The van der Waals surface area contributed by atoms with Crippen LogP contribution < -0.4 is 5.73 Å². The molecule has 3 nitrogen and oxygen atoms in total. The molecule has 2 N–H and O–H groups in total. The second kappa shape index (κ2) is 3.71. The highest BCUT2D eigenvalue weighted by Gasteiger charge is 1.95. The van der Waals surface area contributed by atoms with E-state index >= 15 is 0 Å². The minimum absolute atomic E-state index is 0.270. The maximum atomic E-state index is 10.4. The number of hydrogen-bond acceptors (Lipinski definition) is 2. The minimum atomic E-state index is -0.270. The number of pyridine rings is 1. The summed E-state index contributed by atoms with van der Waals surface area (Å²) in [6, 6.07) is 3.77. The Bertz CT molecular complexity index is 233. The van der Waals surface area contributed by atoms with Gasteiger partial charge in [0, 0.05) is 18.8 Å². The van der Waals surface area contributed by atoms with Gasteiger partial charge in [-0.3, -0.25) is 9.78 Å². The summed E-state index contributed by atoms with van der Waals surface area (Å²) in [7, 11) is 0. The van der Waals surface area contributed by atoms with Crippen LogP contribution in [0.25, 0.3) is 0 Å². The van der Waals surface area contributed by atoms with Crippen molar-refractivity contribution in [3.05, 3.63) is 30.1 Å². The van der Waals surface area contributed by atoms with Gasteiger partial charge >= 0.3 is 0 Å². The third-order valence-electron chi connectivity index (χ3n) is 1.38. The maximum absolute atomic E-state index is 10.4. The average Bonchev–Trinajstić information content (AvgIpc) is 2.03. The van der Waals surface area contributed by atoms with E-state index in [4.69, 9.17) is 5.73 Å². The first-order chi connectivity index (χ1) is 5.29. The van der Waals surface area contributed by atoms with Crippen LogP contribution in [0.3, 0.4) is 0 Å². The summed E-state index contributed by atoms with van der Waals surface area (Å²) in [6.07, 6.45) is 4.52. The molecule has 0 bridgehead atoms. The van der Waals surface area contributed by atoms with Gasteiger partial charge in [-0.05, 0) is 18.1 Å². The normalized spacial score (nSPS) is 9.45. The van der Waals surface area contributed by atoms with Crippen molar-refractivity contribution in [2.75, 3.05) is 0 Å². The van der Waals surface area contributed by atoms with E-state index in [0.29, 0.717) is 12.8 Å². The maximum Gasteiger partial charge on any atom is 0.217 e. The van der Waals surface area contributed by atoms with Gasteiger partial charge in [0.05, 0.1) is 0 Å². The van der Waals surface area contributed by atoms with Crippen LogP contribution in [0, 0.1) is 0 Å². The van der Waals surface area contributed by atoms with Crippen LogP contribution in [0.5, 0.6) is 0 Å². The second-order valence-corrected chi connectivity index (χ2v) is 2.33. The van der Waals surface area contributed by atoms with Gasteiger partial charge in [0.25, 0.3) is 0 Å². The van der Waals surface area contributed by atoms with Crippen molar-refractivity contribution >= 4 is 5.91 Å². The molecule has 58 valence electrons. The van der Waals surface area contributed by atoms with Crippen LogP contribution >= 0.6 is 0 Å². The molecule has 0 saturated heterocycles. The standard InChI is InChI=1S/C8H10N2O/c9-8(11)4-3-7-2-1-5-10-6-7/h1-2,5-6H,3-4H2,(H2,9,11). The van der Waals surface area contributed by atoms with Crippen LogP contribution in [0.15, 0.2) is 24.5 Å². The Hall–Kier alpha value is -1.38. The minimum Gasteiger partial charge on any atom is -0.370 e. The quantitative estimate of drug-likeness (QED) is 0.682. The zero-order valence-corrected chi connectivity index (χ0v) is 6.16. The first-order valence-corrected chi connectivity index (χ1v) is 3.46. The third-order valence-corrected chi connectivity index (χ3v) is 1.38. The largest absolute Gasteiger partial charge is 0.370 e. The van der Waals surface area contributed by atoms with Crippen molar-refractivity contribution in [3.63, 3.8) is 0 Å². The first kappa shape index (κ1) is 7.72. The molecular weight excluding hydrogens is 140 g/mol. The third kappa shape index (κ3) is 2.80. The lowest BCUT2D eigenvalue weighted by Gasteiger charge is -1.95. The summed E-state index contributed by atoms with van der Waals surface area (Å²) in [5, 5.41) is 0. The molecule has 0 aliphatic heterocycles. The van der Waals surface area contributed by atoms with Crippen molar-refractivity contribution in [2.24, 2.45) is 5.73 Å². The Morgan fingerprint density at radius 1 is 1.64 bits per heavy atom. The summed E-state index contributed by atoms with van der Waals surface area (Å²) >= 11 is 0. The highest BCUT2D eigenvalue weighted by atomic mass is 16.1. The van der Waals surface area contributed by atoms with Gasteiger partial charge in [0.15, 0.2) is 0 Å². The van der Waals surface area contributed by atoms with Crippen molar-refractivity contribution in [1.82, 2.24) is 4.98 Å². The Morgan fingerprint density at radius 2 is 2.45 bits per heavy atom. The van der Waals surface area contributed by atoms with Crippen LogP contribution in [0.4, 0.5) is 0 Å². The van der Waals surface area contributed by atoms with Gasteiger partial charge < -0.3 is 5.73 Å². The number of nitrogens with two attached hydrogens (primary N) is 1. The van der Waals surface area contributed by atoms with Crippen LogP contribution in [0.1, 0.15) is 12.0 Å². The number of rotatable bonds is 3. The van der Waals surface area contributed by atoms with Crippen molar-refractivity contribution in [3.8, 4) is 0 Å². The predicted molar refractivity (Wildman–Crippen MR) is 41.8 cm³/mol. The Kier molecular flexibility index (Phi) is 2.60. The number of primary amides is 1. The van der Waals surface area contributed by atoms with E-state index in [1.54, 1.807) is 12.4 Å². The van der Waals surface area contributed by atoms with E-state index in [9.17, 15) is 4.79 Å². The van der Waals surface area contributed by atoms with E-state index in [1.807, 2.05) is 12.1 Å². The van der Waals surface area contributed by atoms with Crippen LogP contribution in [0.2, 0.25) is 0 Å². The fourth-order valence-corrected chi connectivity index (χ4v) is 0.814. The molecule has 0 aromatic carbocycles. The highest BCUT2D eigenvalue weighted by molar-refractivity contribution is 5.73. The number of carbonyl (C=O) groups is 1. The number of aryl methyl sites for hydroxylation is 1. The van der Waals surface area contributed by atoms with E-state index in [0.717, 1.165) is 5.56 Å². The average molecular weight is 150 g/mol. The fourth-order valence-electron chi connectivity index (χ4n) is 0.814. The summed E-state index contributed by atoms with van der Waals surface area (Å²) in [4.78, 5) is 14.3. The van der Waals surface area contributed by atoms with E-state index in [1.165, 1.54) is 0 Å². The molecule has 1 aromatic heterocycles. The number of amides is 1. The molecule has 0 unspecified atom stereocenters. The zero-order chi connectivity index (χ0) is 8.10. The van der Waals surface area contributed by atoms with Crippen molar-refractivity contribution in [2.45, 2.75) is 12.8 Å². The van der Waals surface area contributed by atoms with Gasteiger partial charge in [-0.1, -0.05) is 6.07 Å². The molecule has 1 aromatic rings. The highest BCUT2D eigenvalue weighted by Crippen LogP contribution is 1.98. The van der Waals surface area contributed by atoms with E-state index in [2.05, 4.69) is 4.98 Å². The molecule has 0 aliphatic rings. The molecule has 0 aliphatic carbocycles. The molecule has 0 atom stereocenters. The van der Waals surface area contributed by atoms with E-state index in [-0.39, 0.29) is 5.91 Å². The smallest absolute Gasteiger partial charge is 0.217 e. The van der Waals surface area contributed by atoms with Gasteiger partial charge in [-0.2, -0.15) is 0 Å². The van der Waals surface area contributed by atoms with Gasteiger partial charge in [-0.25, -0.2) is 0 Å². The number of nitrogens with zero attached hydrogens (tertiary/aromatic N) is 1. The Balaban J connectivity index is 2.45. The molecule has 3 heteroatoms. The van der Waals surface area contributed by atoms with E-state index < -0.39 is 0 Å². The summed E-state index contributed by atoms with van der Waals surface area (Å²) in [5.74, 6) is -0.270. The Morgan fingerprint density at radius 3 is 3.00 bits per heavy atom. The molecule has 11 heavy (non-hydrogen) atoms. The molecular formula is C8H10N2O. The second-order valence-electron chi connectivity index (χ2n) is 2.33. The molecule has 1 heterocycles. The van der Waals surface area contributed by atoms with Gasteiger partial charge in [0.1, 0.15) is 0 Å². The first-order valence-electron chi connectivity index (χ1n) is 3.46. The van der Waals surface area contributed by atoms with Gasteiger partial charge in [0.2, 0.25) is 5.91 Å². The number of carbonyl (C=O) groups excluding carboxylic acids is 1. The summed E-state index contributed by atoms with van der Waals surface area (Å²) < 4.78 is 0. The van der Waals surface area contributed by atoms with Crippen LogP contribution in [-0.2, 0) is 11.2 Å². The molecule has 1 amide bonds. The molecule has 0 radical (unpaired) electrons. The molecule has 0 saturated carbocycles. The monoisotopic (exact) mass is 150 g/mol. The summed E-state index contributed by atoms with van der Waals surface area (Å²) in [5.41, 5.74) is 6.03. The van der Waals surface area contributed by atoms with Crippen LogP contribution in [-0.4, -0.2) is 10.9 Å². The summed E-state index contributed by atoms with van der Waals surface area (Å²) in [6.45, 7) is 0. The number of hydrogen-bond donors (Lipinski definition) is 1. The SMILES string of the molecule is NC(=O)CCc1cccnc1. The number of aromatic nitrogens is 1. The van der Waals surface area contributed by atoms with Crippen molar-refractivity contribution in [1.29, 1.82) is 0 Å². The zero-order valence-electron chi connectivity index (χ0n) is 6.16. The van der Waals surface area contributed by atoms with Crippen molar-refractivity contribution < 1.29 is 4.79 Å². The lowest BCUT2D eigenvalue weighted by molar-refractivity contribution is -0.117. The molecule has 0 fully saturated rings. The topological polar surface area (TPSA) is 56.0 Å².